The second-order valence-electron chi connectivity index (χ2n) is 0.256. The Hall–Kier alpha value is 0.660. The van der Waals surface area contributed by atoms with E-state index in [9.17, 15) is 0 Å². The van der Waals surface area contributed by atoms with Gasteiger partial charge in [0.2, 0.25) is 0 Å². The first kappa shape index (κ1) is 4.66. The van der Waals surface area contributed by atoms with Crippen molar-refractivity contribution in [1.82, 2.24) is 0 Å². The molecular formula is HB2IO. The number of hydrogen-bond acceptors (Lipinski definition) is 1. The zero-order valence-electron chi connectivity index (χ0n) is 2.07. The molecule has 0 atom stereocenters. The quantitative estimate of drug-likeness (QED) is 0.386. The fraction of sp³-hybridized carbons (Fsp3) is 0. The molecule has 0 heterocycles. The van der Waals surface area contributed by atoms with Crippen LogP contribution in [0, 0.1) is 0 Å². The van der Waals surface area contributed by atoms with Gasteiger partial charge in [-0.3, -0.25) is 0 Å². The maximum absolute atomic E-state index is 4.28. The van der Waals surface area contributed by atoms with Crippen LogP contribution in [0.3, 0.4) is 0 Å². The SMILES string of the molecule is B=BOI. The summed E-state index contributed by atoms with van der Waals surface area (Å²) in [4.78, 5) is 0. The summed E-state index contributed by atoms with van der Waals surface area (Å²) in [6.07, 6.45) is 0. The Morgan fingerprint density at radius 1 is 2.00 bits per heavy atom. The summed E-state index contributed by atoms with van der Waals surface area (Å²) in [5.41, 5.74) is 0. The van der Waals surface area contributed by atoms with Gasteiger partial charge in [-0.2, -0.15) is 0 Å². The predicted molar refractivity (Wildman–Crippen MR) is 28.0 cm³/mol. The van der Waals surface area contributed by atoms with Crippen molar-refractivity contribution in [1.29, 1.82) is 0 Å². The Bertz CT molecular complexity index is 20.0. The van der Waals surface area contributed by atoms with E-state index in [2.05, 4.69) is 10.4 Å². The van der Waals surface area contributed by atoms with Crippen molar-refractivity contribution in [2.45, 2.75) is 0 Å². The molecule has 0 aliphatic heterocycles. The third-order valence-corrected chi connectivity index (χ3v) is 0.423. The molecular weight excluding hydrogens is 165 g/mol. The molecule has 0 bridgehead atoms. The summed E-state index contributed by atoms with van der Waals surface area (Å²) in [5, 5.41) is 0. The number of halogens is 1. The summed E-state index contributed by atoms with van der Waals surface area (Å²) in [6.45, 7) is 0. The van der Waals surface area contributed by atoms with E-state index < -0.39 is 0 Å². The van der Waals surface area contributed by atoms with Gasteiger partial charge >= 0.3 is 40.4 Å². The van der Waals surface area contributed by atoms with Crippen molar-refractivity contribution in [3.05, 3.63) is 0 Å². The minimum atomic E-state index is 1.36. The number of rotatable bonds is 1. The molecule has 0 aliphatic rings. The topological polar surface area (TPSA) is 9.23 Å². The van der Waals surface area contributed by atoms with Crippen molar-refractivity contribution in [2.24, 2.45) is 0 Å². The molecule has 0 amide bonds. The molecule has 0 saturated carbocycles. The fourth-order valence-corrected chi connectivity index (χ4v) is 0. The Morgan fingerprint density at radius 2 is 2.25 bits per heavy atom. The van der Waals surface area contributed by atoms with Crippen LogP contribution in [0.25, 0.3) is 0 Å². The van der Waals surface area contributed by atoms with Gasteiger partial charge in [-0.1, -0.05) is 0 Å². The van der Waals surface area contributed by atoms with Crippen LogP contribution in [0.2, 0.25) is 0 Å². The summed E-state index contributed by atoms with van der Waals surface area (Å²) in [6, 6.07) is 0. The Kier molecular flexibility index (Phi) is 4.26. The Balaban J connectivity index is 2.30. The Morgan fingerprint density at radius 3 is 2.25 bits per heavy atom. The molecule has 0 fully saturated rings. The molecule has 0 radical (unpaired) electrons. The van der Waals surface area contributed by atoms with Crippen LogP contribution in [0.15, 0.2) is 0 Å². The van der Waals surface area contributed by atoms with E-state index in [1.165, 1.54) is 7.00 Å². The standard InChI is InChI=1S/B2HIO/c1-2-4-3/h1H. The predicted octanol–water partition coefficient (Wildman–Crippen LogP) is -0.212. The van der Waals surface area contributed by atoms with E-state index in [0.29, 0.717) is 0 Å². The van der Waals surface area contributed by atoms with Crippen molar-refractivity contribution >= 4 is 37.4 Å². The first-order valence-corrected chi connectivity index (χ1v) is 1.68. The van der Waals surface area contributed by atoms with Gasteiger partial charge < -0.3 is 0 Å². The van der Waals surface area contributed by atoms with E-state index in [4.69, 9.17) is 0 Å². The second-order valence-corrected chi connectivity index (χ2v) is 0.764. The first-order chi connectivity index (χ1) is 1.91. The van der Waals surface area contributed by atoms with Crippen LogP contribution in [0.5, 0.6) is 0 Å². The summed E-state index contributed by atoms with van der Waals surface area (Å²) < 4.78 is 4.28. The van der Waals surface area contributed by atoms with Crippen molar-refractivity contribution in [2.75, 3.05) is 0 Å². The molecule has 0 aromatic carbocycles. The average molecular weight is 166 g/mol. The zero-order chi connectivity index (χ0) is 3.41. The molecule has 0 rings (SSSR count). The molecule has 4 heteroatoms. The van der Waals surface area contributed by atoms with Crippen LogP contribution in [0.4, 0.5) is 0 Å². The van der Waals surface area contributed by atoms with Crippen LogP contribution < -0.4 is 0 Å². The van der Waals surface area contributed by atoms with Gasteiger partial charge in [-0.05, 0) is 0 Å². The minimum absolute atomic E-state index is 1.36. The molecule has 4 heavy (non-hydrogen) atoms. The molecule has 1 nitrogen and oxygen atoms in total. The third kappa shape index (κ3) is 2.66. The van der Waals surface area contributed by atoms with E-state index in [1.807, 2.05) is 0 Å². The van der Waals surface area contributed by atoms with Crippen molar-refractivity contribution in [3.8, 4) is 0 Å². The molecule has 0 aliphatic carbocycles. The average Bonchev–Trinajstić information content (AvgIpc) is 1.37. The van der Waals surface area contributed by atoms with Gasteiger partial charge in [0.15, 0.2) is 0 Å². The van der Waals surface area contributed by atoms with Gasteiger partial charge in [0.25, 0.3) is 0 Å². The molecule has 0 aromatic heterocycles. The van der Waals surface area contributed by atoms with Gasteiger partial charge in [-0.15, -0.1) is 0 Å². The number of hydrogen-bond donors (Lipinski definition) is 0. The van der Waals surface area contributed by atoms with Crippen molar-refractivity contribution < 1.29 is 2.98 Å². The molecule has 20 valence electrons. The van der Waals surface area contributed by atoms with E-state index in [1.54, 1.807) is 23.0 Å². The van der Waals surface area contributed by atoms with Crippen LogP contribution >= 0.6 is 23.0 Å². The van der Waals surface area contributed by atoms with Crippen molar-refractivity contribution in [3.63, 3.8) is 0 Å². The molecule has 0 saturated heterocycles. The van der Waals surface area contributed by atoms with E-state index in [-0.39, 0.29) is 0 Å². The molecule has 0 N–H and O–H groups in total. The molecule has 0 spiro atoms. The summed E-state index contributed by atoms with van der Waals surface area (Å²) in [5.74, 6) is 0. The fourth-order valence-electron chi connectivity index (χ4n) is 0. The zero-order valence-corrected chi connectivity index (χ0v) is 4.23. The van der Waals surface area contributed by atoms with Gasteiger partial charge in [-0.25, -0.2) is 0 Å². The van der Waals surface area contributed by atoms with Gasteiger partial charge in [0.1, 0.15) is 0 Å². The van der Waals surface area contributed by atoms with Crippen LogP contribution in [0.1, 0.15) is 0 Å². The van der Waals surface area contributed by atoms with E-state index in [0.717, 1.165) is 0 Å². The molecule has 0 unspecified atom stereocenters. The van der Waals surface area contributed by atoms with Crippen LogP contribution in [-0.2, 0) is 2.98 Å². The summed E-state index contributed by atoms with van der Waals surface area (Å²) >= 11 is 1.73. The Labute approximate surface area is 40.7 Å². The second kappa shape index (κ2) is 3.66. The van der Waals surface area contributed by atoms with Gasteiger partial charge in [0.05, 0.1) is 0 Å². The summed E-state index contributed by atoms with van der Waals surface area (Å²) in [7, 11) is 4.61. The normalized spacial score (nSPS) is 4.00. The first-order valence-electron chi connectivity index (χ1n) is 0.798. The monoisotopic (exact) mass is 166 g/mol. The van der Waals surface area contributed by atoms with E-state index >= 15 is 0 Å². The van der Waals surface area contributed by atoms with Gasteiger partial charge in [0, 0.05) is 0 Å². The third-order valence-electron chi connectivity index (χ3n) is 0.0630. The maximum atomic E-state index is 4.28. The van der Waals surface area contributed by atoms with Crippen LogP contribution in [-0.4, -0.2) is 14.4 Å². The molecule has 0 aromatic rings.